The van der Waals surface area contributed by atoms with Crippen LogP contribution in [0, 0.1) is 5.92 Å². The fourth-order valence-corrected chi connectivity index (χ4v) is 3.72. The zero-order chi connectivity index (χ0) is 17.8. The lowest BCUT2D eigenvalue weighted by molar-refractivity contribution is -0.121. The highest BCUT2D eigenvalue weighted by molar-refractivity contribution is 8.00. The van der Waals surface area contributed by atoms with E-state index in [9.17, 15) is 4.79 Å². The van der Waals surface area contributed by atoms with Crippen LogP contribution in [0.5, 0.6) is 0 Å². The molecule has 0 saturated heterocycles. The van der Waals surface area contributed by atoms with Gasteiger partial charge in [0.1, 0.15) is 0 Å². The molecule has 25 heavy (non-hydrogen) atoms. The highest BCUT2D eigenvalue weighted by atomic mass is 32.2. The Labute approximate surface area is 151 Å². The number of hydrogen-bond donors (Lipinski definition) is 1. The molecule has 1 atom stereocenters. The van der Waals surface area contributed by atoms with Crippen LogP contribution in [0.15, 0.2) is 53.9 Å². The maximum atomic E-state index is 12.7. The largest absolute Gasteiger partial charge is 0.351 e. The van der Waals surface area contributed by atoms with Crippen LogP contribution in [0.25, 0.3) is 11.0 Å². The average Bonchev–Trinajstić information content (AvgIpc) is 2.94. The van der Waals surface area contributed by atoms with Crippen molar-refractivity contribution in [1.82, 2.24) is 19.9 Å². The molecular formula is C19H22N4OS. The van der Waals surface area contributed by atoms with Crippen LogP contribution in [0.2, 0.25) is 0 Å². The highest BCUT2D eigenvalue weighted by Crippen LogP contribution is 2.30. The van der Waals surface area contributed by atoms with Gasteiger partial charge in [0, 0.05) is 26.0 Å². The summed E-state index contributed by atoms with van der Waals surface area (Å²) < 4.78 is 2.05. The summed E-state index contributed by atoms with van der Waals surface area (Å²) in [5.41, 5.74) is 3.01. The molecule has 0 saturated carbocycles. The van der Waals surface area contributed by atoms with Gasteiger partial charge in [-0.05, 0) is 29.7 Å². The first-order chi connectivity index (χ1) is 12.1. The predicted octanol–water partition coefficient (Wildman–Crippen LogP) is 3.40. The Morgan fingerprint density at radius 2 is 2.04 bits per heavy atom. The molecule has 0 radical (unpaired) electrons. The number of nitrogens with zero attached hydrogens (tertiary/aromatic N) is 3. The van der Waals surface area contributed by atoms with Crippen LogP contribution in [-0.2, 0) is 18.4 Å². The smallest absolute Gasteiger partial charge is 0.234 e. The van der Waals surface area contributed by atoms with E-state index in [0.717, 1.165) is 21.8 Å². The zero-order valence-corrected chi connectivity index (χ0v) is 15.5. The van der Waals surface area contributed by atoms with Crippen molar-refractivity contribution in [1.29, 1.82) is 0 Å². The average molecular weight is 354 g/mol. The van der Waals surface area contributed by atoms with Crippen molar-refractivity contribution in [3.63, 3.8) is 0 Å². The molecular weight excluding hydrogens is 332 g/mol. The van der Waals surface area contributed by atoms with E-state index >= 15 is 0 Å². The molecule has 1 amide bonds. The summed E-state index contributed by atoms with van der Waals surface area (Å²) >= 11 is 1.52. The Morgan fingerprint density at radius 1 is 1.24 bits per heavy atom. The van der Waals surface area contributed by atoms with E-state index in [-0.39, 0.29) is 17.1 Å². The molecule has 2 aromatic heterocycles. The molecule has 0 aliphatic rings. The van der Waals surface area contributed by atoms with Crippen molar-refractivity contribution in [2.24, 2.45) is 13.0 Å². The number of carbonyl (C=O) groups excluding carboxylic acids is 1. The number of amides is 1. The van der Waals surface area contributed by atoms with Crippen LogP contribution < -0.4 is 5.32 Å². The molecule has 0 spiro atoms. The van der Waals surface area contributed by atoms with Gasteiger partial charge >= 0.3 is 0 Å². The Bertz CT molecular complexity index is 860. The molecule has 130 valence electrons. The number of rotatable bonds is 6. The molecule has 5 nitrogen and oxygen atoms in total. The molecule has 0 bridgehead atoms. The number of carbonyl (C=O) groups is 1. The molecule has 0 unspecified atom stereocenters. The number of imidazole rings is 1. The van der Waals surface area contributed by atoms with Gasteiger partial charge in [-0.2, -0.15) is 0 Å². The van der Waals surface area contributed by atoms with Gasteiger partial charge < -0.3 is 9.88 Å². The SMILES string of the molecule is CC(C)[C@@H](Sc1nc2ccccc2n1C)C(=O)NCc1cccnc1. The van der Waals surface area contributed by atoms with Crippen LogP contribution in [0.1, 0.15) is 19.4 Å². The van der Waals surface area contributed by atoms with E-state index in [0.29, 0.717) is 6.54 Å². The number of para-hydroxylation sites is 2. The fourth-order valence-electron chi connectivity index (χ4n) is 2.63. The summed E-state index contributed by atoms with van der Waals surface area (Å²) in [6, 6.07) is 11.8. The minimum atomic E-state index is -0.202. The van der Waals surface area contributed by atoms with Gasteiger partial charge in [-0.1, -0.05) is 43.8 Å². The monoisotopic (exact) mass is 354 g/mol. The maximum absolute atomic E-state index is 12.7. The lowest BCUT2D eigenvalue weighted by Crippen LogP contribution is -2.35. The number of pyridine rings is 1. The molecule has 0 fully saturated rings. The Hall–Kier alpha value is -2.34. The fraction of sp³-hybridized carbons (Fsp3) is 0.316. The summed E-state index contributed by atoms with van der Waals surface area (Å²) in [4.78, 5) is 21.4. The van der Waals surface area contributed by atoms with Crippen LogP contribution in [-0.4, -0.2) is 25.7 Å². The standard InChI is InChI=1S/C19H22N4OS/c1-13(2)17(18(24)21-12-14-7-6-10-20-11-14)25-19-22-15-8-4-5-9-16(15)23(19)3/h4-11,13,17H,12H2,1-3H3,(H,21,24)/t17-/m1/s1. The second kappa shape index (κ2) is 7.70. The molecule has 3 aromatic rings. The van der Waals surface area contributed by atoms with Crippen molar-refractivity contribution >= 4 is 28.7 Å². The Morgan fingerprint density at radius 3 is 2.72 bits per heavy atom. The van der Waals surface area contributed by atoms with Gasteiger partial charge in [0.05, 0.1) is 16.3 Å². The molecule has 2 heterocycles. The summed E-state index contributed by atoms with van der Waals surface area (Å²) in [5, 5.41) is 3.67. The first-order valence-electron chi connectivity index (χ1n) is 8.31. The van der Waals surface area contributed by atoms with Gasteiger partial charge in [-0.15, -0.1) is 0 Å². The van der Waals surface area contributed by atoms with Gasteiger partial charge in [-0.3, -0.25) is 9.78 Å². The van der Waals surface area contributed by atoms with Gasteiger partial charge in [0.25, 0.3) is 0 Å². The van der Waals surface area contributed by atoms with E-state index in [1.54, 1.807) is 12.4 Å². The Balaban J connectivity index is 1.74. The normalized spacial score (nSPS) is 12.5. The topological polar surface area (TPSA) is 59.8 Å². The van der Waals surface area contributed by atoms with Gasteiger partial charge in [0.2, 0.25) is 5.91 Å². The molecule has 1 aromatic carbocycles. The molecule has 1 N–H and O–H groups in total. The van der Waals surface area contributed by atoms with Crippen LogP contribution in [0.3, 0.4) is 0 Å². The minimum absolute atomic E-state index is 0.0240. The summed E-state index contributed by atoms with van der Waals surface area (Å²) in [7, 11) is 1.99. The number of benzene rings is 1. The Kier molecular flexibility index (Phi) is 5.38. The van der Waals surface area contributed by atoms with Crippen molar-refractivity contribution < 1.29 is 4.79 Å². The van der Waals surface area contributed by atoms with Crippen molar-refractivity contribution in [2.75, 3.05) is 0 Å². The molecule has 6 heteroatoms. The first-order valence-corrected chi connectivity index (χ1v) is 9.19. The third-order valence-corrected chi connectivity index (χ3v) is 5.62. The maximum Gasteiger partial charge on any atom is 0.234 e. The number of nitrogens with one attached hydrogen (secondary N) is 1. The second-order valence-electron chi connectivity index (χ2n) is 6.30. The third kappa shape index (κ3) is 4.02. The third-order valence-electron chi connectivity index (χ3n) is 4.03. The van der Waals surface area contributed by atoms with Gasteiger partial charge in [-0.25, -0.2) is 4.98 Å². The number of hydrogen-bond acceptors (Lipinski definition) is 4. The van der Waals surface area contributed by atoms with E-state index in [1.165, 1.54) is 11.8 Å². The number of thioether (sulfide) groups is 1. The van der Waals surface area contributed by atoms with Crippen molar-refractivity contribution in [2.45, 2.75) is 30.8 Å². The summed E-state index contributed by atoms with van der Waals surface area (Å²) in [6.07, 6.45) is 3.49. The quantitative estimate of drug-likeness (QED) is 0.689. The lowest BCUT2D eigenvalue weighted by Gasteiger charge is -2.19. The molecule has 0 aliphatic carbocycles. The zero-order valence-electron chi connectivity index (χ0n) is 14.6. The first kappa shape index (κ1) is 17.5. The highest BCUT2D eigenvalue weighted by Gasteiger charge is 2.25. The molecule has 3 rings (SSSR count). The lowest BCUT2D eigenvalue weighted by atomic mass is 10.1. The number of aromatic nitrogens is 3. The summed E-state index contributed by atoms with van der Waals surface area (Å²) in [5.74, 6) is 0.217. The van der Waals surface area contributed by atoms with E-state index in [2.05, 4.69) is 29.1 Å². The van der Waals surface area contributed by atoms with Crippen LogP contribution in [0.4, 0.5) is 0 Å². The van der Waals surface area contributed by atoms with Crippen molar-refractivity contribution in [3.05, 3.63) is 54.4 Å². The van der Waals surface area contributed by atoms with E-state index in [1.807, 2.05) is 48.0 Å². The van der Waals surface area contributed by atoms with E-state index in [4.69, 9.17) is 0 Å². The van der Waals surface area contributed by atoms with E-state index < -0.39 is 0 Å². The number of aryl methyl sites for hydroxylation is 1. The van der Waals surface area contributed by atoms with Crippen LogP contribution >= 0.6 is 11.8 Å². The van der Waals surface area contributed by atoms with Crippen molar-refractivity contribution in [3.8, 4) is 0 Å². The number of fused-ring (bicyclic) bond motifs is 1. The minimum Gasteiger partial charge on any atom is -0.351 e. The predicted molar refractivity (Wildman–Crippen MR) is 101 cm³/mol. The van der Waals surface area contributed by atoms with Gasteiger partial charge in [0.15, 0.2) is 5.16 Å². The molecule has 0 aliphatic heterocycles. The summed E-state index contributed by atoms with van der Waals surface area (Å²) in [6.45, 7) is 4.60. The second-order valence-corrected chi connectivity index (χ2v) is 7.41.